The van der Waals surface area contributed by atoms with Crippen molar-refractivity contribution < 1.29 is 4.52 Å². The lowest BCUT2D eigenvalue weighted by Gasteiger charge is -2.15. The average molecular weight is 292 g/mol. The lowest BCUT2D eigenvalue weighted by Crippen LogP contribution is -2.31. The monoisotopic (exact) mass is 292 g/mol. The van der Waals surface area contributed by atoms with Crippen LogP contribution in [0.5, 0.6) is 0 Å². The molecule has 0 aliphatic carbocycles. The Morgan fingerprint density at radius 2 is 1.50 bits per heavy atom. The molecular weight excluding hydrogens is 276 g/mol. The minimum absolute atomic E-state index is 0.0210. The molecule has 0 amide bonds. The van der Waals surface area contributed by atoms with E-state index in [-0.39, 0.29) is 12.1 Å². The summed E-state index contributed by atoms with van der Waals surface area (Å²) < 4.78 is 5.56. The van der Waals surface area contributed by atoms with E-state index >= 15 is 0 Å². The second-order valence-corrected chi connectivity index (χ2v) is 5.26. The smallest absolute Gasteiger partial charge is 0.157 e. The van der Waals surface area contributed by atoms with Crippen LogP contribution in [0.15, 0.2) is 71.3 Å². The van der Waals surface area contributed by atoms with Gasteiger partial charge in [-0.2, -0.15) is 5.53 Å². The SMILES string of the molecule is c1ccc(-c2cc(C3NNNC3c3ccccc3)on2)cc1. The highest BCUT2D eigenvalue weighted by Gasteiger charge is 2.32. The molecule has 110 valence electrons. The Hall–Kier alpha value is -2.47. The Labute approximate surface area is 128 Å². The highest BCUT2D eigenvalue weighted by Crippen LogP contribution is 2.32. The summed E-state index contributed by atoms with van der Waals surface area (Å²) in [6.45, 7) is 0. The molecule has 1 fully saturated rings. The number of nitrogens with zero attached hydrogens (tertiary/aromatic N) is 1. The van der Waals surface area contributed by atoms with Crippen molar-refractivity contribution in [3.63, 3.8) is 0 Å². The number of nitrogens with one attached hydrogen (secondary N) is 3. The van der Waals surface area contributed by atoms with Crippen LogP contribution in [0.25, 0.3) is 11.3 Å². The van der Waals surface area contributed by atoms with E-state index in [4.69, 9.17) is 4.52 Å². The van der Waals surface area contributed by atoms with E-state index in [2.05, 4.69) is 33.7 Å². The molecule has 5 heteroatoms. The van der Waals surface area contributed by atoms with Gasteiger partial charge in [-0.1, -0.05) is 65.8 Å². The number of hydrogen-bond donors (Lipinski definition) is 3. The van der Waals surface area contributed by atoms with E-state index in [1.165, 1.54) is 5.56 Å². The second kappa shape index (κ2) is 5.73. The van der Waals surface area contributed by atoms with Gasteiger partial charge in [0.05, 0.1) is 6.04 Å². The van der Waals surface area contributed by atoms with Gasteiger partial charge in [-0.15, -0.1) is 0 Å². The van der Waals surface area contributed by atoms with Crippen LogP contribution in [0.4, 0.5) is 0 Å². The van der Waals surface area contributed by atoms with Gasteiger partial charge < -0.3 is 4.52 Å². The van der Waals surface area contributed by atoms with E-state index < -0.39 is 0 Å². The Balaban J connectivity index is 1.63. The lowest BCUT2D eigenvalue weighted by molar-refractivity contribution is 0.338. The van der Waals surface area contributed by atoms with Crippen molar-refractivity contribution in [1.82, 2.24) is 21.5 Å². The van der Waals surface area contributed by atoms with Crippen LogP contribution in [0.3, 0.4) is 0 Å². The van der Waals surface area contributed by atoms with Gasteiger partial charge in [0.15, 0.2) is 5.76 Å². The second-order valence-electron chi connectivity index (χ2n) is 5.26. The molecule has 1 saturated heterocycles. The minimum atomic E-state index is -0.0210. The minimum Gasteiger partial charge on any atom is -0.359 e. The van der Waals surface area contributed by atoms with Crippen LogP contribution in [-0.2, 0) is 0 Å². The van der Waals surface area contributed by atoms with Gasteiger partial charge >= 0.3 is 0 Å². The summed E-state index contributed by atoms with van der Waals surface area (Å²) in [5, 5.41) is 4.19. The normalized spacial score (nSPS) is 21.1. The maximum absolute atomic E-state index is 5.56. The molecule has 2 atom stereocenters. The summed E-state index contributed by atoms with van der Waals surface area (Å²) in [7, 11) is 0. The van der Waals surface area contributed by atoms with Gasteiger partial charge in [-0.05, 0) is 5.56 Å². The van der Waals surface area contributed by atoms with E-state index in [0.29, 0.717) is 0 Å². The standard InChI is InChI=1S/C17H16N4O/c1-3-7-12(8-4-1)14-11-15(22-20-14)17-16(18-21-19-17)13-9-5-2-6-10-13/h1-11,16-19,21H. The molecule has 0 bridgehead atoms. The predicted octanol–water partition coefficient (Wildman–Crippen LogP) is 2.74. The molecule has 0 radical (unpaired) electrons. The Kier molecular flexibility index (Phi) is 3.44. The molecule has 1 aliphatic heterocycles. The van der Waals surface area contributed by atoms with Crippen molar-refractivity contribution in [2.45, 2.75) is 12.1 Å². The summed E-state index contributed by atoms with van der Waals surface area (Å²) in [5.74, 6) is 0.796. The molecule has 3 N–H and O–H groups in total. The van der Waals surface area contributed by atoms with E-state index in [1.54, 1.807) is 0 Å². The van der Waals surface area contributed by atoms with E-state index in [0.717, 1.165) is 17.0 Å². The van der Waals surface area contributed by atoms with Crippen molar-refractivity contribution in [3.05, 3.63) is 78.1 Å². The van der Waals surface area contributed by atoms with Gasteiger partial charge in [0.1, 0.15) is 11.7 Å². The molecule has 1 aliphatic rings. The maximum atomic E-state index is 5.56. The van der Waals surface area contributed by atoms with Crippen molar-refractivity contribution in [2.75, 3.05) is 0 Å². The highest BCUT2D eigenvalue weighted by molar-refractivity contribution is 5.58. The van der Waals surface area contributed by atoms with Crippen LogP contribution < -0.4 is 16.4 Å². The fourth-order valence-electron chi connectivity index (χ4n) is 2.72. The average Bonchev–Trinajstić information content (AvgIpc) is 3.25. The third kappa shape index (κ3) is 2.42. The van der Waals surface area contributed by atoms with Gasteiger partial charge in [-0.3, -0.25) is 0 Å². The van der Waals surface area contributed by atoms with Crippen LogP contribution in [0.2, 0.25) is 0 Å². The van der Waals surface area contributed by atoms with Gasteiger partial charge in [0, 0.05) is 11.6 Å². The van der Waals surface area contributed by atoms with Crippen LogP contribution in [-0.4, -0.2) is 5.16 Å². The Morgan fingerprint density at radius 1 is 0.818 bits per heavy atom. The zero-order valence-corrected chi connectivity index (χ0v) is 11.9. The molecule has 2 unspecified atom stereocenters. The highest BCUT2D eigenvalue weighted by atomic mass is 16.5. The Bertz CT molecular complexity index is 742. The van der Waals surface area contributed by atoms with Crippen molar-refractivity contribution in [3.8, 4) is 11.3 Å². The predicted molar refractivity (Wildman–Crippen MR) is 83.3 cm³/mol. The fourth-order valence-corrected chi connectivity index (χ4v) is 2.72. The van der Waals surface area contributed by atoms with Gasteiger partial charge in [0.25, 0.3) is 0 Å². The maximum Gasteiger partial charge on any atom is 0.157 e. The number of rotatable bonds is 3. The first-order valence-corrected chi connectivity index (χ1v) is 7.25. The molecular formula is C17H16N4O. The third-order valence-electron chi connectivity index (χ3n) is 3.85. The van der Waals surface area contributed by atoms with E-state index in [1.807, 2.05) is 54.6 Å². The lowest BCUT2D eigenvalue weighted by atomic mass is 9.98. The first-order chi connectivity index (χ1) is 10.9. The molecule has 4 rings (SSSR count). The molecule has 0 saturated carbocycles. The largest absolute Gasteiger partial charge is 0.359 e. The van der Waals surface area contributed by atoms with Gasteiger partial charge in [-0.25, -0.2) is 10.9 Å². The molecule has 2 aromatic carbocycles. The zero-order chi connectivity index (χ0) is 14.8. The van der Waals surface area contributed by atoms with Crippen molar-refractivity contribution >= 4 is 0 Å². The first-order valence-electron chi connectivity index (χ1n) is 7.25. The number of benzene rings is 2. The van der Waals surface area contributed by atoms with Crippen molar-refractivity contribution in [1.29, 1.82) is 0 Å². The molecule has 22 heavy (non-hydrogen) atoms. The molecule has 0 spiro atoms. The molecule has 1 aromatic heterocycles. The van der Waals surface area contributed by atoms with Crippen LogP contribution in [0.1, 0.15) is 23.4 Å². The molecule has 2 heterocycles. The summed E-state index contributed by atoms with van der Waals surface area (Å²) in [6.07, 6.45) is 0. The van der Waals surface area contributed by atoms with Crippen LogP contribution >= 0.6 is 0 Å². The molecule has 5 nitrogen and oxygen atoms in total. The quantitative estimate of drug-likeness (QED) is 0.693. The zero-order valence-electron chi connectivity index (χ0n) is 11.9. The van der Waals surface area contributed by atoms with Gasteiger partial charge in [0.2, 0.25) is 0 Å². The van der Waals surface area contributed by atoms with Crippen molar-refractivity contribution in [2.24, 2.45) is 0 Å². The number of aromatic nitrogens is 1. The topological polar surface area (TPSA) is 62.1 Å². The van der Waals surface area contributed by atoms with E-state index in [9.17, 15) is 0 Å². The summed E-state index contributed by atoms with van der Waals surface area (Å²) in [6, 6.07) is 22.3. The fraction of sp³-hybridized carbons (Fsp3) is 0.118. The Morgan fingerprint density at radius 3 is 2.27 bits per heavy atom. The number of hydrazine groups is 2. The first kappa shape index (κ1) is 13.2. The summed E-state index contributed by atoms with van der Waals surface area (Å²) >= 11 is 0. The summed E-state index contributed by atoms with van der Waals surface area (Å²) in [5.41, 5.74) is 12.5. The summed E-state index contributed by atoms with van der Waals surface area (Å²) in [4.78, 5) is 0. The number of hydrogen-bond acceptors (Lipinski definition) is 5. The third-order valence-corrected chi connectivity index (χ3v) is 3.85. The molecule has 3 aromatic rings. The van der Waals surface area contributed by atoms with Crippen LogP contribution in [0, 0.1) is 0 Å².